The average molecular weight is 1630 g/mol. The van der Waals surface area contributed by atoms with E-state index < -0.39 is 135 Å². The van der Waals surface area contributed by atoms with E-state index in [-0.39, 0.29) is 27.9 Å². The minimum absolute atomic E-state index is 0.244. The van der Waals surface area contributed by atoms with Gasteiger partial charge in [0.25, 0.3) is 18.1 Å². The van der Waals surface area contributed by atoms with Gasteiger partial charge < -0.3 is 28.4 Å². The van der Waals surface area contributed by atoms with E-state index in [0.717, 1.165) is 78.4 Å². The number of halogens is 23. The van der Waals surface area contributed by atoms with Gasteiger partial charge in [0.2, 0.25) is 0 Å². The molecule has 0 amide bonds. The molecule has 1 saturated carbocycles. The van der Waals surface area contributed by atoms with E-state index in [2.05, 4.69) is 28.4 Å². The van der Waals surface area contributed by atoms with Gasteiger partial charge in [0.1, 0.15) is 34.5 Å². The van der Waals surface area contributed by atoms with E-state index in [4.69, 9.17) is 21.4 Å². The predicted octanol–water partition coefficient (Wildman–Crippen LogP) is 20.5. The van der Waals surface area contributed by atoms with Gasteiger partial charge >= 0.3 is 147 Å². The summed E-state index contributed by atoms with van der Waals surface area (Å²) in [6, 6.07) is 26.3. The number of alkyl halides is 8. The van der Waals surface area contributed by atoms with Crippen molar-refractivity contribution < 1.29 is 142 Å². The number of rotatable bonds is 22. The second kappa shape index (κ2) is 35.2. The number of benzene rings is 8. The molecule has 1 fully saturated rings. The van der Waals surface area contributed by atoms with Gasteiger partial charge in [-0.3, -0.25) is 4.79 Å². The van der Waals surface area contributed by atoms with E-state index in [1.165, 1.54) is 136 Å². The van der Waals surface area contributed by atoms with Crippen LogP contribution in [-0.4, -0.2) is 110 Å². The molecule has 105 heavy (non-hydrogen) atoms. The van der Waals surface area contributed by atoms with Crippen LogP contribution in [-0.2, 0) is 39.6 Å². The van der Waals surface area contributed by atoms with Crippen molar-refractivity contribution in [3.63, 3.8) is 0 Å². The van der Waals surface area contributed by atoms with Gasteiger partial charge in [-0.25, -0.2) is 16.8 Å². The van der Waals surface area contributed by atoms with Crippen LogP contribution >= 0.6 is 21.4 Å². The van der Waals surface area contributed by atoms with Gasteiger partial charge in [-0.1, -0.05) is 103 Å². The fourth-order valence-corrected chi connectivity index (χ4v) is 11.2. The van der Waals surface area contributed by atoms with Gasteiger partial charge in [-0.15, -0.1) is 0 Å². The molecule has 1 aliphatic rings. The number of ether oxygens (including phenoxy) is 6. The van der Waals surface area contributed by atoms with Crippen molar-refractivity contribution in [2.45, 2.75) is 70.9 Å². The molecule has 1 aliphatic carbocycles. The first-order valence-electron chi connectivity index (χ1n) is 29.1. The third kappa shape index (κ3) is 19.9. The molecule has 11 nitrogen and oxygen atoms in total. The Bertz CT molecular complexity index is 4680. The Hall–Kier alpha value is -6.53. The van der Waals surface area contributed by atoms with Crippen LogP contribution in [0.25, 0.3) is 0 Å². The number of carbonyl (C=O) groups is 1. The standard InChI is InChI=1S/C33H22ClF9O5S.C26H15F9O3.C8H4ClF3O3S.2K/c1-19-3-5-20(6-4-19)29(2,21-7-11-23(12-8-21)46-28(37)27(35)36)22-9-13-24(14-10-22)47-32(42)30(38,39)31(40,41)33(32,43)48-25-15-17-26(18-16-25)49(34,44)45;1-25(14-2-4-17(5-3-14)26(34,35)24(33)36,15-6-10-18(11-7-15)37-22(31)20(27)28)16-8-12-19(13-9-16)38-23(32)21(29)30;9-16(13,14)6-3-1-5(2-4-6)15-8(12)7(10)11;;/h3-18H,1-2H3;2-13H,1H3;1-4H;;. The van der Waals surface area contributed by atoms with Gasteiger partial charge in [0, 0.05) is 37.8 Å². The third-order valence-corrected chi connectivity index (χ3v) is 17.9. The summed E-state index contributed by atoms with van der Waals surface area (Å²) < 4.78 is 351. The Morgan fingerprint density at radius 1 is 0.343 bits per heavy atom. The Morgan fingerprint density at radius 3 is 0.752 bits per heavy atom. The number of hydrogen-bond acceptors (Lipinski definition) is 11. The van der Waals surface area contributed by atoms with Crippen molar-refractivity contribution in [3.05, 3.63) is 287 Å². The molecule has 0 aliphatic heterocycles. The topological polar surface area (TPSA) is 141 Å². The molecular formula is C67H41Cl2F21K2O11S2. The van der Waals surface area contributed by atoms with Crippen LogP contribution in [0.1, 0.15) is 58.4 Å². The van der Waals surface area contributed by atoms with Gasteiger partial charge in [0.05, 0.1) is 9.79 Å². The van der Waals surface area contributed by atoms with Crippen LogP contribution in [0.5, 0.6) is 34.5 Å². The minimum atomic E-state index is -5.75. The first kappa shape index (κ1) is 87.4. The Morgan fingerprint density at radius 2 is 0.533 bits per heavy atom. The molecule has 0 heterocycles. The number of aryl methyl sites for hydroxylation is 1. The van der Waals surface area contributed by atoms with Crippen molar-refractivity contribution in [2.24, 2.45) is 0 Å². The van der Waals surface area contributed by atoms with Crippen molar-refractivity contribution in [1.82, 2.24) is 0 Å². The summed E-state index contributed by atoms with van der Waals surface area (Å²) >= 11 is 2.50. The summed E-state index contributed by atoms with van der Waals surface area (Å²) in [5.74, 6) is -28.9. The predicted molar refractivity (Wildman–Crippen MR) is 338 cm³/mol. The Balaban J connectivity index is 0.000000272. The van der Waals surface area contributed by atoms with Crippen LogP contribution in [0.15, 0.2) is 252 Å². The maximum absolute atomic E-state index is 15.8. The van der Waals surface area contributed by atoms with Crippen LogP contribution in [0.3, 0.4) is 0 Å². The Labute approximate surface area is 635 Å². The van der Waals surface area contributed by atoms with E-state index >= 15 is 8.78 Å². The number of hydrogen-bond donors (Lipinski definition) is 0. The van der Waals surface area contributed by atoms with Crippen molar-refractivity contribution in [3.8, 4) is 34.5 Å². The molecule has 8 aromatic rings. The second-order valence-corrected chi connectivity index (χ2v) is 26.7. The van der Waals surface area contributed by atoms with Gasteiger partial charge in [-0.05, 0) is 151 Å². The normalized spacial score (nSPS) is 16.3. The summed E-state index contributed by atoms with van der Waals surface area (Å²) in [5.41, 5.74) is 0.145. The molecule has 0 saturated heterocycles. The van der Waals surface area contributed by atoms with Crippen molar-refractivity contribution >= 4 is 109 Å². The summed E-state index contributed by atoms with van der Waals surface area (Å²) in [6.07, 6.45) is -10.6. The summed E-state index contributed by atoms with van der Waals surface area (Å²) in [4.78, 5) is 9.89. The summed E-state index contributed by atoms with van der Waals surface area (Å²) in [6.45, 7) is 5.13. The zero-order valence-corrected chi connectivity index (χ0v) is 62.9. The average Bonchev–Trinajstić information content (AvgIpc) is 0.654. The molecule has 3 unspecified atom stereocenters. The fraction of sp³-hybridized carbons (Fsp3) is 0.149. The number of carbonyl (C=O) groups excluding carboxylic acids is 1. The zero-order chi connectivity index (χ0) is 78.8. The van der Waals surface area contributed by atoms with Crippen LogP contribution in [0.4, 0.5) is 92.2 Å². The molecule has 3 atom stereocenters. The summed E-state index contributed by atoms with van der Waals surface area (Å²) in [5, 5.41) is 0. The van der Waals surface area contributed by atoms with Crippen LogP contribution in [0, 0.1) is 6.92 Å². The second-order valence-electron chi connectivity index (χ2n) is 21.5. The van der Waals surface area contributed by atoms with E-state index in [1.54, 1.807) is 38.1 Å². The third-order valence-electron chi connectivity index (χ3n) is 15.2. The fourth-order valence-electron chi connectivity index (χ4n) is 9.68. The molecule has 9 rings (SSSR count). The molecule has 550 valence electrons. The molecule has 8 aromatic carbocycles. The van der Waals surface area contributed by atoms with Crippen molar-refractivity contribution in [2.75, 3.05) is 0 Å². The van der Waals surface area contributed by atoms with Crippen molar-refractivity contribution in [1.29, 1.82) is 0 Å². The quantitative estimate of drug-likeness (QED) is 0.0210. The molecule has 0 spiro atoms. The van der Waals surface area contributed by atoms with E-state index in [1.807, 2.05) is 6.92 Å². The van der Waals surface area contributed by atoms with E-state index in [0.29, 0.717) is 57.6 Å². The molecular weight excluding hydrogens is 1590 g/mol. The molecule has 0 radical (unpaired) electrons. The molecule has 0 bridgehead atoms. The molecule has 38 heteroatoms. The molecule has 0 aromatic heterocycles. The summed E-state index contributed by atoms with van der Waals surface area (Å²) in [7, 11) is 1.95. The van der Waals surface area contributed by atoms with Crippen LogP contribution in [0.2, 0.25) is 0 Å². The van der Waals surface area contributed by atoms with E-state index in [9.17, 15) is 105 Å². The first-order valence-corrected chi connectivity index (χ1v) is 49.7. The van der Waals surface area contributed by atoms with Gasteiger partial charge in [0.15, 0.2) is 0 Å². The maximum atomic E-state index is 15.8. The van der Waals surface area contributed by atoms with Gasteiger partial charge in [-0.2, -0.15) is 92.2 Å². The first-order chi connectivity index (χ1) is 48.7. The SMILES string of the molecule is CC(c1ccc(OC(F)=C(F)F)cc1)(c1ccc(OC(F)=C(F)F)cc1)c1ccc(C(F)(F)C(=O)F)cc1.Cc1ccc(C(C)(c2ccc(OC(F)=C(F)F)cc2)c2ccc(OC3(F)C(F)(F)C(F)(F)C3(F)Oc3ccc(S(=O)(=O)Cl)cc3)cc2)cc1.O=S(=O)(Cl)c1ccc(OC(F)=C(F)F)cc1.[K][K]. The monoisotopic (exact) mass is 1630 g/mol. The molecule has 0 N–H and O–H groups in total. The van der Waals surface area contributed by atoms with Crippen LogP contribution < -0.4 is 28.4 Å². The zero-order valence-electron chi connectivity index (χ0n) is 53.5. The Kier molecular flexibility index (Phi) is 29.3.